The van der Waals surface area contributed by atoms with E-state index in [-0.39, 0.29) is 6.61 Å². The molecule has 4 nitrogen and oxygen atoms in total. The molecule has 10 heteroatoms. The Labute approximate surface area is 119 Å². The molecule has 1 aromatic carbocycles. The predicted octanol–water partition coefficient (Wildman–Crippen LogP) is 3.65. The molecule has 0 N–H and O–H groups in total. The summed E-state index contributed by atoms with van der Waals surface area (Å²) in [5, 5.41) is 8.75. The summed E-state index contributed by atoms with van der Waals surface area (Å²) < 4.78 is 83.1. The van der Waals surface area contributed by atoms with E-state index in [1.54, 1.807) is 0 Å². The van der Waals surface area contributed by atoms with E-state index in [0.717, 1.165) is 6.07 Å². The van der Waals surface area contributed by atoms with Gasteiger partial charge in [0.1, 0.15) is 17.2 Å². The Kier molecular flexibility index (Phi) is 4.91. The number of esters is 1. The molecule has 0 atom stereocenters. The molecule has 1 aromatic rings. The molecule has 0 aliphatic heterocycles. The van der Waals surface area contributed by atoms with Gasteiger partial charge in [0, 0.05) is 0 Å². The number of rotatable bonds is 3. The van der Waals surface area contributed by atoms with Crippen molar-refractivity contribution >= 4 is 5.97 Å². The van der Waals surface area contributed by atoms with Crippen LogP contribution < -0.4 is 4.74 Å². The molecule has 0 amide bonds. The molecule has 0 fully saturated rings. The van der Waals surface area contributed by atoms with Crippen molar-refractivity contribution in [2.24, 2.45) is 0 Å². The van der Waals surface area contributed by atoms with Crippen molar-refractivity contribution in [2.75, 3.05) is 6.61 Å². The zero-order chi connectivity index (χ0) is 17.1. The first-order valence-electron chi connectivity index (χ1n) is 5.58. The lowest BCUT2D eigenvalue weighted by Crippen LogP contribution is -2.22. The van der Waals surface area contributed by atoms with Gasteiger partial charge in [0.25, 0.3) is 0 Å². The summed E-state index contributed by atoms with van der Waals surface area (Å²) in [6.07, 6.45) is -10.5. The number of alkyl halides is 6. The largest absolute Gasteiger partial charge is 0.573 e. The summed E-state index contributed by atoms with van der Waals surface area (Å²) in [7, 11) is 0. The highest BCUT2D eigenvalue weighted by atomic mass is 19.4. The van der Waals surface area contributed by atoms with Crippen LogP contribution in [0.1, 0.15) is 28.4 Å². The summed E-state index contributed by atoms with van der Waals surface area (Å²) in [6.45, 7) is 1.12. The van der Waals surface area contributed by atoms with Gasteiger partial charge in [-0.05, 0) is 19.1 Å². The Balaban J connectivity index is 3.61. The van der Waals surface area contributed by atoms with Crippen molar-refractivity contribution in [3.8, 4) is 11.8 Å². The van der Waals surface area contributed by atoms with Crippen LogP contribution in [0.2, 0.25) is 0 Å². The highest BCUT2D eigenvalue weighted by Crippen LogP contribution is 2.39. The molecule has 0 radical (unpaired) electrons. The number of benzene rings is 1. The second kappa shape index (κ2) is 6.13. The lowest BCUT2D eigenvalue weighted by Gasteiger charge is -2.17. The molecule has 0 heterocycles. The summed E-state index contributed by atoms with van der Waals surface area (Å²) in [4.78, 5) is 11.5. The smallest absolute Gasteiger partial charge is 0.462 e. The van der Waals surface area contributed by atoms with Crippen LogP contribution in [0.15, 0.2) is 12.1 Å². The molecule has 0 unspecified atom stereocenters. The van der Waals surface area contributed by atoms with Crippen LogP contribution >= 0.6 is 0 Å². The van der Waals surface area contributed by atoms with Crippen molar-refractivity contribution in [2.45, 2.75) is 19.5 Å². The molecule has 0 aliphatic carbocycles. The quantitative estimate of drug-likeness (QED) is 0.628. The Morgan fingerprint density at radius 2 is 1.82 bits per heavy atom. The van der Waals surface area contributed by atoms with Gasteiger partial charge in [0.15, 0.2) is 5.75 Å². The maximum absolute atomic E-state index is 12.7. The summed E-state index contributed by atoms with van der Waals surface area (Å²) in [5.74, 6) is -2.88. The van der Waals surface area contributed by atoms with Gasteiger partial charge in [-0.15, -0.1) is 13.2 Å². The lowest BCUT2D eigenvalue weighted by atomic mass is 10.0. The normalized spacial score (nSPS) is 11.7. The Bertz CT molecular complexity index is 615. The predicted molar refractivity (Wildman–Crippen MR) is 58.8 cm³/mol. The van der Waals surface area contributed by atoms with E-state index >= 15 is 0 Å². The van der Waals surface area contributed by atoms with E-state index in [1.165, 1.54) is 6.92 Å². The number of halogens is 6. The van der Waals surface area contributed by atoms with Crippen LogP contribution in [0.25, 0.3) is 0 Å². The van der Waals surface area contributed by atoms with Crippen LogP contribution in [-0.2, 0) is 10.9 Å². The highest BCUT2D eigenvalue weighted by Gasteiger charge is 2.40. The standard InChI is InChI=1S/C12H7F6NO3/c1-2-21-10(20)6-3-4-8(11(13,14)15)7(5-19)9(6)22-12(16,17)18/h3-4H,2H2,1H3. The topological polar surface area (TPSA) is 59.3 Å². The van der Waals surface area contributed by atoms with Crippen molar-refractivity contribution < 1.29 is 40.6 Å². The molecule has 120 valence electrons. The number of ether oxygens (including phenoxy) is 2. The Morgan fingerprint density at radius 1 is 1.23 bits per heavy atom. The maximum atomic E-state index is 12.7. The molecule has 1 rings (SSSR count). The molecular formula is C12H7F6NO3. The SMILES string of the molecule is CCOC(=O)c1ccc(C(F)(F)F)c(C#N)c1OC(F)(F)F. The molecule has 0 saturated heterocycles. The van der Waals surface area contributed by atoms with Gasteiger partial charge in [-0.3, -0.25) is 0 Å². The van der Waals surface area contributed by atoms with E-state index in [1.807, 2.05) is 0 Å². The third kappa shape index (κ3) is 4.03. The first-order chi connectivity index (χ1) is 10.0. The lowest BCUT2D eigenvalue weighted by molar-refractivity contribution is -0.275. The number of carbonyl (C=O) groups is 1. The van der Waals surface area contributed by atoms with Gasteiger partial charge in [-0.2, -0.15) is 18.4 Å². The first-order valence-corrected chi connectivity index (χ1v) is 5.58. The monoisotopic (exact) mass is 327 g/mol. The third-order valence-corrected chi connectivity index (χ3v) is 2.29. The second-order valence-corrected chi connectivity index (χ2v) is 3.74. The molecular weight excluding hydrogens is 320 g/mol. The van der Waals surface area contributed by atoms with Gasteiger partial charge < -0.3 is 9.47 Å². The van der Waals surface area contributed by atoms with Gasteiger partial charge in [-0.25, -0.2) is 4.79 Å². The van der Waals surface area contributed by atoms with Gasteiger partial charge in [-0.1, -0.05) is 0 Å². The van der Waals surface area contributed by atoms with Gasteiger partial charge in [0.05, 0.1) is 12.2 Å². The average molecular weight is 327 g/mol. The average Bonchev–Trinajstić information content (AvgIpc) is 2.35. The first kappa shape index (κ1) is 17.6. The van der Waals surface area contributed by atoms with Crippen LogP contribution in [0.4, 0.5) is 26.3 Å². The van der Waals surface area contributed by atoms with Gasteiger partial charge in [0.2, 0.25) is 0 Å². The number of hydrogen-bond donors (Lipinski definition) is 0. The zero-order valence-electron chi connectivity index (χ0n) is 10.8. The zero-order valence-corrected chi connectivity index (χ0v) is 10.8. The maximum Gasteiger partial charge on any atom is 0.573 e. The van der Waals surface area contributed by atoms with Crippen molar-refractivity contribution in [3.05, 3.63) is 28.8 Å². The fourth-order valence-corrected chi connectivity index (χ4v) is 1.52. The number of carbonyl (C=O) groups excluding carboxylic acids is 1. The van der Waals surface area contributed by atoms with Gasteiger partial charge >= 0.3 is 18.5 Å². The number of hydrogen-bond acceptors (Lipinski definition) is 4. The fraction of sp³-hybridized carbons (Fsp3) is 0.333. The molecule has 22 heavy (non-hydrogen) atoms. The summed E-state index contributed by atoms with van der Waals surface area (Å²) in [6, 6.07) is 1.75. The van der Waals surface area contributed by atoms with E-state index in [4.69, 9.17) is 5.26 Å². The summed E-state index contributed by atoms with van der Waals surface area (Å²) >= 11 is 0. The Hall–Kier alpha value is -2.44. The molecule has 0 saturated carbocycles. The molecule has 0 bridgehead atoms. The molecule has 0 aliphatic rings. The minimum atomic E-state index is -5.39. The van der Waals surface area contributed by atoms with Crippen LogP contribution in [0.3, 0.4) is 0 Å². The highest BCUT2D eigenvalue weighted by molar-refractivity contribution is 5.93. The van der Waals surface area contributed by atoms with Crippen molar-refractivity contribution in [3.63, 3.8) is 0 Å². The molecule has 0 spiro atoms. The fourth-order valence-electron chi connectivity index (χ4n) is 1.52. The Morgan fingerprint density at radius 3 is 2.23 bits per heavy atom. The number of nitrogens with zero attached hydrogens (tertiary/aromatic N) is 1. The van der Waals surface area contributed by atoms with Crippen LogP contribution in [0, 0.1) is 11.3 Å². The van der Waals surface area contributed by atoms with Crippen molar-refractivity contribution in [1.29, 1.82) is 5.26 Å². The van der Waals surface area contributed by atoms with E-state index in [0.29, 0.717) is 12.1 Å². The third-order valence-electron chi connectivity index (χ3n) is 2.29. The van der Waals surface area contributed by atoms with Crippen LogP contribution in [-0.4, -0.2) is 18.9 Å². The van der Waals surface area contributed by atoms with E-state index in [9.17, 15) is 31.1 Å². The molecule has 0 aromatic heterocycles. The minimum Gasteiger partial charge on any atom is -0.462 e. The van der Waals surface area contributed by atoms with E-state index in [2.05, 4.69) is 9.47 Å². The van der Waals surface area contributed by atoms with Crippen LogP contribution in [0.5, 0.6) is 5.75 Å². The second-order valence-electron chi connectivity index (χ2n) is 3.74. The number of nitriles is 1. The summed E-state index contributed by atoms with van der Waals surface area (Å²) in [5.41, 5.74) is -4.03. The van der Waals surface area contributed by atoms with E-state index < -0.39 is 40.9 Å². The van der Waals surface area contributed by atoms with Crippen molar-refractivity contribution in [1.82, 2.24) is 0 Å². The minimum absolute atomic E-state index is 0.229.